The quantitative estimate of drug-likeness (QED) is 0.788. The lowest BCUT2D eigenvalue weighted by molar-refractivity contribution is -0.160. The van der Waals surface area contributed by atoms with Crippen molar-refractivity contribution in [3.8, 4) is 0 Å². The second-order valence-electron chi connectivity index (χ2n) is 8.84. The molecule has 0 aromatic carbocycles. The van der Waals surface area contributed by atoms with Gasteiger partial charge in [-0.3, -0.25) is 9.78 Å². The van der Waals surface area contributed by atoms with Gasteiger partial charge in [0.25, 0.3) is 0 Å². The van der Waals surface area contributed by atoms with Gasteiger partial charge < -0.3 is 14.7 Å². The maximum atomic E-state index is 12.4. The fourth-order valence-electron chi connectivity index (χ4n) is 5.73. The number of carbonyl (C=O) groups excluding carboxylic acids is 2. The van der Waals surface area contributed by atoms with Gasteiger partial charge in [0.15, 0.2) is 5.60 Å². The topological polar surface area (TPSA) is 79.7 Å². The molecule has 4 rings (SSSR count). The Bertz CT molecular complexity index is 821. The zero-order chi connectivity index (χ0) is 20.8. The Labute approximate surface area is 172 Å². The van der Waals surface area contributed by atoms with Gasteiger partial charge in [0.1, 0.15) is 6.10 Å². The summed E-state index contributed by atoms with van der Waals surface area (Å²) in [6, 6.07) is 3.84. The van der Waals surface area contributed by atoms with Crippen LogP contribution < -0.4 is 4.90 Å². The van der Waals surface area contributed by atoms with Crippen LogP contribution in [0.5, 0.6) is 0 Å². The number of fused-ring (bicyclic) bond motifs is 1. The number of ether oxygens (including phenoxy) is 1. The van der Waals surface area contributed by atoms with Crippen LogP contribution in [0.3, 0.4) is 0 Å². The number of nitrogens with zero attached hydrogens (tertiary/aromatic N) is 2. The predicted molar refractivity (Wildman–Crippen MR) is 110 cm³/mol. The molecule has 1 amide bonds. The number of amides is 1. The van der Waals surface area contributed by atoms with Gasteiger partial charge >= 0.3 is 5.97 Å². The molecule has 3 heterocycles. The number of aliphatic hydroxyl groups is 1. The van der Waals surface area contributed by atoms with E-state index in [1.807, 2.05) is 25.1 Å². The number of carbonyl (C=O) groups is 2. The Balaban J connectivity index is 1.58. The van der Waals surface area contributed by atoms with Gasteiger partial charge in [-0.2, -0.15) is 0 Å². The second kappa shape index (κ2) is 7.56. The fraction of sp³-hybridized carbons (Fsp3) is 0.609. The zero-order valence-electron chi connectivity index (χ0n) is 17.4. The molecule has 5 unspecified atom stereocenters. The molecule has 6 nitrogen and oxygen atoms in total. The molecule has 2 aliphatic heterocycles. The van der Waals surface area contributed by atoms with Crippen LogP contribution in [0.4, 0.5) is 5.69 Å². The molecule has 6 atom stereocenters. The lowest BCUT2D eigenvalue weighted by Crippen LogP contribution is -2.53. The first-order chi connectivity index (χ1) is 13.8. The van der Waals surface area contributed by atoms with Crippen LogP contribution in [0, 0.1) is 23.7 Å². The standard InChI is InChI=1S/C23H30N2O4/c1-4-18-14(2)12-23(28)21(15(3)29-22(23)27)19(18)10-8-16-7-9-17(13-24-16)25-11-5-6-20(25)26/h7-10,13-15,18-19,21,28H,4-6,11-12H2,1-3H3/b10-8+/t14?,15-,18?,19?,21?,23?/m1/s1. The van der Waals surface area contributed by atoms with Crippen molar-refractivity contribution in [2.75, 3.05) is 11.4 Å². The van der Waals surface area contributed by atoms with Gasteiger partial charge in [-0.1, -0.05) is 26.3 Å². The Kier molecular flexibility index (Phi) is 5.23. The van der Waals surface area contributed by atoms with Crippen molar-refractivity contribution in [1.82, 2.24) is 4.98 Å². The van der Waals surface area contributed by atoms with Crippen molar-refractivity contribution < 1.29 is 19.4 Å². The summed E-state index contributed by atoms with van der Waals surface area (Å²) in [6.07, 6.45) is 8.43. The number of hydrogen-bond donors (Lipinski definition) is 1. The van der Waals surface area contributed by atoms with E-state index >= 15 is 0 Å². The van der Waals surface area contributed by atoms with Crippen molar-refractivity contribution in [2.45, 2.75) is 58.2 Å². The minimum atomic E-state index is -1.40. The Hall–Kier alpha value is -2.21. The lowest BCUT2D eigenvalue weighted by Gasteiger charge is -2.45. The normalized spacial score (nSPS) is 37.2. The Morgan fingerprint density at radius 1 is 1.34 bits per heavy atom. The highest BCUT2D eigenvalue weighted by atomic mass is 16.6. The van der Waals surface area contributed by atoms with Gasteiger partial charge in [0, 0.05) is 18.9 Å². The molecule has 6 heteroatoms. The second-order valence-corrected chi connectivity index (χ2v) is 8.84. The van der Waals surface area contributed by atoms with Crippen LogP contribution in [0.1, 0.15) is 52.1 Å². The summed E-state index contributed by atoms with van der Waals surface area (Å²) in [5, 5.41) is 11.1. The highest BCUT2D eigenvalue weighted by Gasteiger charge is 2.62. The van der Waals surface area contributed by atoms with E-state index in [1.54, 1.807) is 11.1 Å². The van der Waals surface area contributed by atoms with E-state index in [9.17, 15) is 14.7 Å². The van der Waals surface area contributed by atoms with Crippen LogP contribution >= 0.6 is 0 Å². The third-order valence-corrected chi connectivity index (χ3v) is 7.09. The van der Waals surface area contributed by atoms with Gasteiger partial charge in [0.2, 0.25) is 5.91 Å². The average molecular weight is 399 g/mol. The van der Waals surface area contributed by atoms with E-state index in [-0.39, 0.29) is 29.8 Å². The number of pyridine rings is 1. The number of hydrogen-bond acceptors (Lipinski definition) is 5. The molecule has 156 valence electrons. The smallest absolute Gasteiger partial charge is 0.338 e. The minimum absolute atomic E-state index is 0.0387. The number of anilines is 1. The highest BCUT2D eigenvalue weighted by molar-refractivity contribution is 5.95. The van der Waals surface area contributed by atoms with Crippen LogP contribution in [-0.4, -0.2) is 40.2 Å². The monoisotopic (exact) mass is 398 g/mol. The van der Waals surface area contributed by atoms with E-state index in [0.29, 0.717) is 18.8 Å². The molecular weight excluding hydrogens is 368 g/mol. The SMILES string of the molecule is CCC1C(C)CC2(O)C(=O)O[C@H](C)C2C1/C=C/c1ccc(N2CCCC2=O)cn1. The van der Waals surface area contributed by atoms with Crippen LogP contribution in [0.2, 0.25) is 0 Å². The molecule has 1 aromatic rings. The first-order valence-corrected chi connectivity index (χ1v) is 10.7. The van der Waals surface area contributed by atoms with Crippen molar-refractivity contribution in [1.29, 1.82) is 0 Å². The van der Waals surface area contributed by atoms with Crippen molar-refractivity contribution in [2.24, 2.45) is 23.7 Å². The van der Waals surface area contributed by atoms with Crippen LogP contribution in [0.15, 0.2) is 24.4 Å². The van der Waals surface area contributed by atoms with E-state index in [1.165, 1.54) is 0 Å². The maximum absolute atomic E-state index is 12.4. The molecule has 0 bridgehead atoms. The largest absolute Gasteiger partial charge is 0.460 e. The molecule has 3 fully saturated rings. The molecule has 0 radical (unpaired) electrons. The Morgan fingerprint density at radius 2 is 2.14 bits per heavy atom. The number of aromatic nitrogens is 1. The maximum Gasteiger partial charge on any atom is 0.338 e. The molecule has 29 heavy (non-hydrogen) atoms. The molecular formula is C23H30N2O4. The summed E-state index contributed by atoms with van der Waals surface area (Å²) >= 11 is 0. The fourth-order valence-corrected chi connectivity index (χ4v) is 5.73. The highest BCUT2D eigenvalue weighted by Crippen LogP contribution is 2.52. The summed E-state index contributed by atoms with van der Waals surface area (Å²) in [5.41, 5.74) is 0.238. The summed E-state index contributed by atoms with van der Waals surface area (Å²) in [7, 11) is 0. The van der Waals surface area contributed by atoms with Crippen molar-refractivity contribution >= 4 is 23.6 Å². The number of cyclic esters (lactones) is 1. The predicted octanol–water partition coefficient (Wildman–Crippen LogP) is 3.20. The van der Waals surface area contributed by atoms with Crippen LogP contribution in [-0.2, 0) is 14.3 Å². The molecule has 3 aliphatic rings. The van der Waals surface area contributed by atoms with Gasteiger partial charge in [-0.05, 0) is 55.7 Å². The molecule has 1 N–H and O–H groups in total. The van der Waals surface area contributed by atoms with Gasteiger partial charge in [-0.25, -0.2) is 4.79 Å². The molecule has 1 saturated carbocycles. The molecule has 2 saturated heterocycles. The zero-order valence-corrected chi connectivity index (χ0v) is 17.4. The molecule has 1 aliphatic carbocycles. The van der Waals surface area contributed by atoms with E-state index in [0.717, 1.165) is 30.8 Å². The first kappa shape index (κ1) is 20.1. The Morgan fingerprint density at radius 3 is 2.76 bits per heavy atom. The number of esters is 1. The summed E-state index contributed by atoms with van der Waals surface area (Å²) in [5.74, 6) is 0.0646. The van der Waals surface area contributed by atoms with E-state index in [2.05, 4.69) is 24.9 Å². The van der Waals surface area contributed by atoms with E-state index in [4.69, 9.17) is 4.74 Å². The molecule has 1 aromatic heterocycles. The average Bonchev–Trinajstić information content (AvgIpc) is 3.20. The van der Waals surface area contributed by atoms with Gasteiger partial charge in [-0.15, -0.1) is 0 Å². The third kappa shape index (κ3) is 3.37. The summed E-state index contributed by atoms with van der Waals surface area (Å²) in [6.45, 7) is 6.90. The summed E-state index contributed by atoms with van der Waals surface area (Å²) in [4.78, 5) is 30.5. The van der Waals surface area contributed by atoms with Crippen LogP contribution in [0.25, 0.3) is 6.08 Å². The minimum Gasteiger partial charge on any atom is -0.460 e. The van der Waals surface area contributed by atoms with Crippen molar-refractivity contribution in [3.63, 3.8) is 0 Å². The number of allylic oxidation sites excluding steroid dienone is 1. The summed E-state index contributed by atoms with van der Waals surface area (Å²) < 4.78 is 5.44. The lowest BCUT2D eigenvalue weighted by atomic mass is 9.59. The first-order valence-electron chi connectivity index (χ1n) is 10.7. The molecule has 0 spiro atoms. The number of rotatable bonds is 4. The van der Waals surface area contributed by atoms with Crippen molar-refractivity contribution in [3.05, 3.63) is 30.1 Å². The van der Waals surface area contributed by atoms with Gasteiger partial charge in [0.05, 0.1) is 17.6 Å². The van der Waals surface area contributed by atoms with E-state index < -0.39 is 11.6 Å². The third-order valence-electron chi connectivity index (χ3n) is 7.09.